The van der Waals surface area contributed by atoms with E-state index < -0.39 is 5.92 Å². The van der Waals surface area contributed by atoms with Crippen molar-refractivity contribution >= 4 is 29.2 Å². The first-order chi connectivity index (χ1) is 20.4. The Bertz CT molecular complexity index is 1310. The number of likely N-dealkylation sites (tertiary alicyclic amines) is 1. The maximum absolute atomic E-state index is 13.5. The molecule has 1 saturated carbocycles. The highest BCUT2D eigenvalue weighted by atomic mass is 16.5. The predicted molar refractivity (Wildman–Crippen MR) is 162 cm³/mol. The summed E-state index contributed by atoms with van der Waals surface area (Å²) < 4.78 is 11.3. The average Bonchev–Trinajstić information content (AvgIpc) is 3.69. The molecule has 2 atom stereocenters. The molecule has 3 heterocycles. The van der Waals surface area contributed by atoms with Crippen molar-refractivity contribution in [3.8, 4) is 18.7 Å². The summed E-state index contributed by atoms with van der Waals surface area (Å²) in [5, 5.41) is 0. The fourth-order valence-corrected chi connectivity index (χ4v) is 5.07. The molecular weight excluding hydrogens is 534 g/mol. The zero-order valence-electron chi connectivity index (χ0n) is 24.5. The minimum atomic E-state index is -0.657. The van der Waals surface area contributed by atoms with Crippen molar-refractivity contribution in [3.05, 3.63) is 47.6 Å². The Labute approximate surface area is 247 Å². The molecule has 11 heteroatoms. The van der Waals surface area contributed by atoms with Gasteiger partial charge in [-0.3, -0.25) is 14.6 Å². The SMILES string of the molecule is C#C.CCC/C(C(=O)[C@H]1CCCCC1=O)=C(/N)c1nc(OCC2CCCN2C)cc(/C(N)=C/C=NCc2ncco2)n1. The van der Waals surface area contributed by atoms with Crippen molar-refractivity contribution in [3.63, 3.8) is 0 Å². The van der Waals surface area contributed by atoms with Crippen molar-refractivity contribution in [2.24, 2.45) is 22.4 Å². The highest BCUT2D eigenvalue weighted by Gasteiger charge is 2.32. The van der Waals surface area contributed by atoms with Crippen molar-refractivity contribution in [1.82, 2.24) is 19.9 Å². The van der Waals surface area contributed by atoms with Crippen LogP contribution in [0.2, 0.25) is 0 Å². The maximum atomic E-state index is 13.5. The van der Waals surface area contributed by atoms with Crippen LogP contribution in [0, 0.1) is 18.8 Å². The minimum absolute atomic E-state index is 0.0201. The number of carbonyl (C=O) groups excluding carboxylic acids is 2. The highest BCUT2D eigenvalue weighted by Crippen LogP contribution is 2.28. The van der Waals surface area contributed by atoms with Crippen LogP contribution in [0.3, 0.4) is 0 Å². The number of allylic oxidation sites excluding steroid dienone is 2. The van der Waals surface area contributed by atoms with Crippen molar-refractivity contribution < 1.29 is 18.7 Å². The van der Waals surface area contributed by atoms with E-state index >= 15 is 0 Å². The average molecular weight is 576 g/mol. The Morgan fingerprint density at radius 3 is 2.71 bits per heavy atom. The van der Waals surface area contributed by atoms with Gasteiger partial charge in [-0.2, -0.15) is 4.98 Å². The number of Topliss-reactive ketones (excluding diaryl/α,β-unsaturated/α-hetero) is 2. The Kier molecular flexibility index (Phi) is 12.4. The zero-order chi connectivity index (χ0) is 30.5. The van der Waals surface area contributed by atoms with Gasteiger partial charge in [0.2, 0.25) is 11.8 Å². The Morgan fingerprint density at radius 1 is 1.24 bits per heavy atom. The third-order valence-electron chi connectivity index (χ3n) is 7.40. The molecule has 1 unspecified atom stereocenters. The van der Waals surface area contributed by atoms with Gasteiger partial charge in [0.1, 0.15) is 25.2 Å². The van der Waals surface area contributed by atoms with E-state index in [1.807, 2.05) is 6.92 Å². The van der Waals surface area contributed by atoms with Crippen LogP contribution in [-0.4, -0.2) is 63.9 Å². The third-order valence-corrected chi connectivity index (χ3v) is 7.40. The smallest absolute Gasteiger partial charge is 0.217 e. The van der Waals surface area contributed by atoms with Gasteiger partial charge in [0.15, 0.2) is 11.6 Å². The number of nitrogens with zero attached hydrogens (tertiary/aromatic N) is 5. The molecule has 2 aliphatic rings. The second kappa shape index (κ2) is 16.2. The normalized spacial score (nSPS) is 20.2. The van der Waals surface area contributed by atoms with Gasteiger partial charge in [-0.1, -0.05) is 19.8 Å². The van der Waals surface area contributed by atoms with Gasteiger partial charge in [0.05, 0.1) is 29.2 Å². The second-order valence-electron chi connectivity index (χ2n) is 10.3. The van der Waals surface area contributed by atoms with E-state index in [1.165, 1.54) is 6.26 Å². The van der Waals surface area contributed by atoms with Gasteiger partial charge in [0, 0.05) is 30.3 Å². The molecule has 4 rings (SSSR count). The van der Waals surface area contributed by atoms with E-state index in [1.54, 1.807) is 24.6 Å². The monoisotopic (exact) mass is 575 g/mol. The number of terminal acetylenes is 1. The first-order valence-electron chi connectivity index (χ1n) is 14.3. The van der Waals surface area contributed by atoms with E-state index in [9.17, 15) is 9.59 Å². The molecule has 1 aliphatic heterocycles. The van der Waals surface area contributed by atoms with Gasteiger partial charge < -0.3 is 25.5 Å². The molecule has 0 bridgehead atoms. The van der Waals surface area contributed by atoms with E-state index in [0.717, 1.165) is 32.2 Å². The molecule has 0 radical (unpaired) electrons. The summed E-state index contributed by atoms with van der Waals surface area (Å²) in [6, 6.07) is 1.94. The minimum Gasteiger partial charge on any atom is -0.476 e. The Balaban J connectivity index is 0.00000237. The lowest BCUT2D eigenvalue weighted by atomic mass is 9.81. The molecule has 0 amide bonds. The number of nitrogens with two attached hydrogens (primary N) is 2. The lowest BCUT2D eigenvalue weighted by Crippen LogP contribution is -2.31. The van der Waals surface area contributed by atoms with Crippen molar-refractivity contribution in [2.75, 3.05) is 20.2 Å². The van der Waals surface area contributed by atoms with Gasteiger partial charge in [-0.25, -0.2) is 9.97 Å². The standard InChI is InChI=1S/C29H39N7O4.C2H2/c1-3-7-21(28(38)20-9-4-5-10-24(20)37)27(31)29-34-23(22(30)11-12-32-17-26-33-13-15-39-26)16-25(35-29)40-18-19-8-6-14-36(19)2;1-2/h11-13,15-16,19-20H,3-10,14,17-18,30-31H2,1-2H3;1-2H/b22-11-,27-21-,32-12?;/t19?,20-;/m0./s1. The molecule has 0 aromatic carbocycles. The topological polar surface area (TPSA) is 163 Å². The summed E-state index contributed by atoms with van der Waals surface area (Å²) in [4.78, 5) is 45.8. The molecule has 0 spiro atoms. The van der Waals surface area contributed by atoms with Gasteiger partial charge in [-0.15, -0.1) is 12.8 Å². The number of hydrogen-bond donors (Lipinski definition) is 2. The second-order valence-corrected chi connectivity index (χ2v) is 10.3. The third kappa shape index (κ3) is 8.60. The first kappa shape index (κ1) is 32.2. The molecule has 224 valence electrons. The van der Waals surface area contributed by atoms with Crippen LogP contribution in [0.15, 0.2) is 39.6 Å². The van der Waals surface area contributed by atoms with Crippen LogP contribution in [0.4, 0.5) is 0 Å². The lowest BCUT2D eigenvalue weighted by Gasteiger charge is -2.22. The number of aliphatic imine (C=N–C) groups is 1. The van der Waals surface area contributed by atoms with Crippen molar-refractivity contribution in [2.45, 2.75) is 70.9 Å². The number of likely N-dealkylation sites (N-methyl/N-ethyl adjacent to an activating group) is 1. The maximum Gasteiger partial charge on any atom is 0.217 e. The molecule has 2 aromatic rings. The van der Waals surface area contributed by atoms with E-state index in [0.29, 0.717) is 61.0 Å². The Morgan fingerprint density at radius 2 is 2.05 bits per heavy atom. The number of ketones is 2. The molecule has 2 fully saturated rings. The summed E-state index contributed by atoms with van der Waals surface area (Å²) in [7, 11) is 2.08. The number of ether oxygens (including phenoxy) is 1. The molecule has 42 heavy (non-hydrogen) atoms. The van der Waals surface area contributed by atoms with E-state index in [4.69, 9.17) is 20.6 Å². The van der Waals surface area contributed by atoms with Gasteiger partial charge in [-0.05, 0) is 51.8 Å². The van der Waals surface area contributed by atoms with Crippen LogP contribution in [0.25, 0.3) is 11.4 Å². The highest BCUT2D eigenvalue weighted by molar-refractivity contribution is 6.13. The molecule has 1 saturated heterocycles. The van der Waals surface area contributed by atoms with Crippen LogP contribution >= 0.6 is 0 Å². The van der Waals surface area contributed by atoms with Gasteiger partial charge in [0.25, 0.3) is 0 Å². The summed E-state index contributed by atoms with van der Waals surface area (Å²) in [6.45, 7) is 3.71. The number of aromatic nitrogens is 3. The lowest BCUT2D eigenvalue weighted by molar-refractivity contribution is -0.132. The largest absolute Gasteiger partial charge is 0.476 e. The first-order valence-corrected chi connectivity index (χ1v) is 14.3. The molecule has 1 aliphatic carbocycles. The summed E-state index contributed by atoms with van der Waals surface area (Å²) in [5.74, 6) is 0.0513. The molecular formula is C31H41N7O4. The van der Waals surface area contributed by atoms with E-state index in [2.05, 4.69) is 44.7 Å². The predicted octanol–water partition coefficient (Wildman–Crippen LogP) is 3.56. The van der Waals surface area contributed by atoms with Crippen LogP contribution in [0.1, 0.15) is 75.7 Å². The van der Waals surface area contributed by atoms with Crippen LogP contribution in [-0.2, 0) is 16.1 Å². The Hall–Kier alpha value is -4.30. The molecule has 2 aromatic heterocycles. The zero-order valence-corrected chi connectivity index (χ0v) is 24.5. The van der Waals surface area contributed by atoms with Gasteiger partial charge >= 0.3 is 0 Å². The number of hydrogen-bond acceptors (Lipinski definition) is 11. The number of carbonyl (C=O) groups is 2. The van der Waals surface area contributed by atoms with Crippen LogP contribution < -0.4 is 16.2 Å². The summed E-state index contributed by atoms with van der Waals surface area (Å²) >= 11 is 0. The fraction of sp³-hybridized carbons (Fsp3) is 0.484. The fourth-order valence-electron chi connectivity index (χ4n) is 5.07. The van der Waals surface area contributed by atoms with Crippen molar-refractivity contribution in [1.29, 1.82) is 0 Å². The molecule has 11 nitrogen and oxygen atoms in total. The summed E-state index contributed by atoms with van der Waals surface area (Å²) in [5.41, 5.74) is 14.2. The quantitative estimate of drug-likeness (QED) is 0.166. The number of rotatable bonds is 12. The molecule has 4 N–H and O–H groups in total. The van der Waals surface area contributed by atoms with E-state index in [-0.39, 0.29) is 35.7 Å². The van der Waals surface area contributed by atoms with Crippen LogP contribution in [0.5, 0.6) is 5.88 Å². The number of oxazole rings is 1. The summed E-state index contributed by atoms with van der Waals surface area (Å²) in [6.07, 6.45) is 20.1.